The number of nitrogens with one attached hydrogen (secondary N) is 1. The first-order valence-corrected chi connectivity index (χ1v) is 12.0. The Morgan fingerprint density at radius 1 is 1.21 bits per heavy atom. The fraction of sp³-hybridized carbons (Fsp3) is 0.421. The van der Waals surface area contributed by atoms with E-state index in [1.165, 1.54) is 21.7 Å². The lowest BCUT2D eigenvalue weighted by atomic mass is 10.2. The van der Waals surface area contributed by atoms with Gasteiger partial charge in [-0.3, -0.25) is 4.79 Å². The number of ether oxygens (including phenoxy) is 1. The zero-order valence-corrected chi connectivity index (χ0v) is 18.7. The average Bonchev–Trinajstić information content (AvgIpc) is 3.17. The van der Waals surface area contributed by atoms with Crippen LogP contribution in [-0.4, -0.2) is 58.0 Å². The molecule has 0 spiro atoms. The predicted octanol–water partition coefficient (Wildman–Crippen LogP) is 3.52. The number of nitrogens with zero attached hydrogens (tertiary/aromatic N) is 2. The number of morpholine rings is 1. The second-order valence-electron chi connectivity index (χ2n) is 6.43. The minimum absolute atomic E-state index is 0.148. The monoisotopic (exact) mass is 457 g/mol. The van der Waals surface area contributed by atoms with Crippen molar-refractivity contribution in [2.24, 2.45) is 0 Å². The molecule has 158 valence electrons. The quantitative estimate of drug-likeness (QED) is 0.688. The fourth-order valence-electron chi connectivity index (χ4n) is 3.17. The molecule has 1 aliphatic rings. The first-order valence-electron chi connectivity index (χ1n) is 9.40. The van der Waals surface area contributed by atoms with Crippen LogP contribution < -0.4 is 10.2 Å². The summed E-state index contributed by atoms with van der Waals surface area (Å²) in [6, 6.07) is 8.18. The summed E-state index contributed by atoms with van der Waals surface area (Å²) < 4.78 is 33.3. The van der Waals surface area contributed by atoms with E-state index in [2.05, 4.69) is 10.2 Å². The standard InChI is InChI=1S/C19H24ClN3O4S2/c1-3-22(4-2)16-6-5-14(29(25,26)23-9-11-27-12-10-23)13-15(16)21-19(24)17-7-8-18(20)28-17/h5-8,13H,3-4,9-12H2,1-2H3,(H,21,24). The molecule has 0 unspecified atom stereocenters. The van der Waals surface area contributed by atoms with Gasteiger partial charge in [-0.1, -0.05) is 11.6 Å². The maximum atomic E-state index is 13.0. The molecule has 0 aliphatic carbocycles. The minimum Gasteiger partial charge on any atom is -0.379 e. The zero-order chi connectivity index (χ0) is 21.0. The SMILES string of the molecule is CCN(CC)c1ccc(S(=O)(=O)N2CCOCC2)cc1NC(=O)c1ccc(Cl)s1. The molecule has 1 aromatic heterocycles. The fourth-order valence-corrected chi connectivity index (χ4v) is 5.55. The molecular formula is C19H24ClN3O4S2. The maximum absolute atomic E-state index is 13.0. The van der Waals surface area contributed by atoms with Gasteiger partial charge in [0, 0.05) is 26.2 Å². The van der Waals surface area contributed by atoms with Crippen LogP contribution in [0, 0.1) is 0 Å². The highest BCUT2D eigenvalue weighted by atomic mass is 35.5. The molecule has 0 bridgehead atoms. The molecule has 1 amide bonds. The molecule has 1 fully saturated rings. The molecule has 3 rings (SSSR count). The number of hydrogen-bond donors (Lipinski definition) is 1. The van der Waals surface area contributed by atoms with Crippen molar-refractivity contribution in [1.29, 1.82) is 0 Å². The average molecular weight is 458 g/mol. The van der Waals surface area contributed by atoms with E-state index in [1.807, 2.05) is 13.8 Å². The van der Waals surface area contributed by atoms with E-state index in [4.69, 9.17) is 16.3 Å². The van der Waals surface area contributed by atoms with E-state index in [-0.39, 0.29) is 10.8 Å². The van der Waals surface area contributed by atoms with Crippen LogP contribution in [0.2, 0.25) is 4.34 Å². The van der Waals surface area contributed by atoms with Crippen LogP contribution in [0.5, 0.6) is 0 Å². The summed E-state index contributed by atoms with van der Waals surface area (Å²) in [5.41, 5.74) is 1.23. The first kappa shape index (κ1) is 22.0. The molecule has 2 heterocycles. The van der Waals surface area contributed by atoms with E-state index >= 15 is 0 Å². The number of rotatable bonds is 7. The van der Waals surface area contributed by atoms with Crippen molar-refractivity contribution < 1.29 is 17.9 Å². The third-order valence-corrected chi connectivity index (χ3v) is 7.85. The molecule has 0 saturated carbocycles. The van der Waals surface area contributed by atoms with Gasteiger partial charge in [-0.05, 0) is 44.2 Å². The summed E-state index contributed by atoms with van der Waals surface area (Å²) in [4.78, 5) is 15.4. The van der Waals surface area contributed by atoms with Crippen molar-refractivity contribution in [2.45, 2.75) is 18.7 Å². The van der Waals surface area contributed by atoms with E-state index in [0.717, 1.165) is 18.8 Å². The summed E-state index contributed by atoms with van der Waals surface area (Å²) >= 11 is 7.11. The molecule has 1 N–H and O–H groups in total. The Hall–Kier alpha value is -1.65. The van der Waals surface area contributed by atoms with Crippen LogP contribution in [0.25, 0.3) is 0 Å². The van der Waals surface area contributed by atoms with Crippen LogP contribution in [0.15, 0.2) is 35.2 Å². The van der Waals surface area contributed by atoms with E-state index in [0.29, 0.717) is 41.2 Å². The number of halogens is 1. The number of carbonyl (C=O) groups is 1. The number of thiophene rings is 1. The van der Waals surface area contributed by atoms with E-state index < -0.39 is 10.0 Å². The molecule has 0 radical (unpaired) electrons. The van der Waals surface area contributed by atoms with Gasteiger partial charge in [0.2, 0.25) is 10.0 Å². The number of anilines is 2. The molecule has 10 heteroatoms. The Balaban J connectivity index is 1.98. The smallest absolute Gasteiger partial charge is 0.265 e. The van der Waals surface area contributed by atoms with Crippen molar-refractivity contribution in [3.8, 4) is 0 Å². The Labute approximate surface area is 180 Å². The molecule has 0 atom stereocenters. The summed E-state index contributed by atoms with van der Waals surface area (Å²) in [6.45, 7) is 6.84. The number of benzene rings is 1. The number of carbonyl (C=O) groups excluding carboxylic acids is 1. The zero-order valence-electron chi connectivity index (χ0n) is 16.4. The Kier molecular flexibility index (Phi) is 7.18. The van der Waals surface area contributed by atoms with Crippen molar-refractivity contribution >= 4 is 50.2 Å². The number of hydrogen-bond acceptors (Lipinski definition) is 6. The summed E-state index contributed by atoms with van der Waals surface area (Å²) in [5, 5.41) is 2.87. The highest BCUT2D eigenvalue weighted by Crippen LogP contribution is 2.32. The first-order chi connectivity index (χ1) is 13.9. The lowest BCUT2D eigenvalue weighted by molar-refractivity contribution is 0.0730. The molecule has 2 aromatic rings. The summed E-state index contributed by atoms with van der Waals surface area (Å²) in [6.07, 6.45) is 0. The Morgan fingerprint density at radius 3 is 2.48 bits per heavy atom. The van der Waals surface area contributed by atoms with Crippen LogP contribution in [0.4, 0.5) is 11.4 Å². The van der Waals surface area contributed by atoms with E-state index in [9.17, 15) is 13.2 Å². The molecule has 7 nitrogen and oxygen atoms in total. The third-order valence-electron chi connectivity index (χ3n) is 4.73. The van der Waals surface area contributed by atoms with Gasteiger partial charge in [-0.2, -0.15) is 4.31 Å². The van der Waals surface area contributed by atoms with Crippen molar-refractivity contribution in [1.82, 2.24) is 4.31 Å². The normalized spacial score (nSPS) is 15.3. The van der Waals surface area contributed by atoms with Gasteiger partial charge in [-0.15, -0.1) is 11.3 Å². The van der Waals surface area contributed by atoms with Gasteiger partial charge >= 0.3 is 0 Å². The Bertz CT molecular complexity index is 968. The molecule has 1 aliphatic heterocycles. The largest absolute Gasteiger partial charge is 0.379 e. The van der Waals surface area contributed by atoms with Crippen LogP contribution >= 0.6 is 22.9 Å². The third kappa shape index (κ3) is 4.92. The van der Waals surface area contributed by atoms with Gasteiger partial charge in [0.1, 0.15) is 0 Å². The molecular weight excluding hydrogens is 434 g/mol. The highest BCUT2D eigenvalue weighted by Gasteiger charge is 2.27. The van der Waals surface area contributed by atoms with Crippen molar-refractivity contribution in [3.05, 3.63) is 39.5 Å². The van der Waals surface area contributed by atoms with Crippen LogP contribution in [-0.2, 0) is 14.8 Å². The van der Waals surface area contributed by atoms with Crippen LogP contribution in [0.1, 0.15) is 23.5 Å². The van der Waals surface area contributed by atoms with Gasteiger partial charge in [0.05, 0.1) is 38.7 Å². The topological polar surface area (TPSA) is 79.0 Å². The van der Waals surface area contributed by atoms with E-state index in [1.54, 1.807) is 24.3 Å². The molecule has 1 saturated heterocycles. The molecule has 29 heavy (non-hydrogen) atoms. The highest BCUT2D eigenvalue weighted by molar-refractivity contribution is 7.89. The predicted molar refractivity (Wildman–Crippen MR) is 117 cm³/mol. The maximum Gasteiger partial charge on any atom is 0.265 e. The molecule has 1 aromatic carbocycles. The van der Waals surface area contributed by atoms with Crippen molar-refractivity contribution in [3.63, 3.8) is 0 Å². The number of amides is 1. The Morgan fingerprint density at radius 2 is 1.90 bits per heavy atom. The second kappa shape index (κ2) is 9.44. The van der Waals surface area contributed by atoms with Gasteiger partial charge < -0.3 is 15.0 Å². The number of sulfonamides is 1. The summed E-state index contributed by atoms with van der Waals surface area (Å²) in [7, 11) is -3.67. The van der Waals surface area contributed by atoms with Gasteiger partial charge in [-0.25, -0.2) is 8.42 Å². The minimum atomic E-state index is -3.67. The van der Waals surface area contributed by atoms with Crippen molar-refractivity contribution in [2.75, 3.05) is 49.6 Å². The van der Waals surface area contributed by atoms with Gasteiger partial charge in [0.25, 0.3) is 5.91 Å². The summed E-state index contributed by atoms with van der Waals surface area (Å²) in [5.74, 6) is -0.323. The lowest BCUT2D eigenvalue weighted by Gasteiger charge is -2.28. The van der Waals surface area contributed by atoms with Gasteiger partial charge in [0.15, 0.2) is 0 Å². The van der Waals surface area contributed by atoms with Crippen LogP contribution in [0.3, 0.4) is 0 Å². The second-order valence-corrected chi connectivity index (χ2v) is 10.1. The lowest BCUT2D eigenvalue weighted by Crippen LogP contribution is -2.40.